The van der Waals surface area contributed by atoms with Gasteiger partial charge in [0.1, 0.15) is 12.7 Å². The monoisotopic (exact) mass is 561 g/mol. The number of rotatable bonds is 9. The van der Waals surface area contributed by atoms with E-state index in [1.807, 2.05) is 91.0 Å². The molecule has 0 aliphatic carbocycles. The highest BCUT2D eigenvalue weighted by atomic mass is 28.4. The summed E-state index contributed by atoms with van der Waals surface area (Å²) in [5, 5.41) is 11.1. The number of carbonyl (C=O) groups is 1. The topological polar surface area (TPSA) is 68.2 Å². The fourth-order valence-corrected chi connectivity index (χ4v) is 5.78. The van der Waals surface area contributed by atoms with Crippen molar-refractivity contribution in [2.45, 2.75) is 76.3 Å². The zero-order valence-corrected chi connectivity index (χ0v) is 25.3. The molecule has 0 radical (unpaired) electrons. The summed E-state index contributed by atoms with van der Waals surface area (Å²) in [6.45, 7) is 11.6. The second kappa shape index (κ2) is 13.1. The number of amides is 1. The maximum absolute atomic E-state index is 13.7. The number of aliphatic hydroxyl groups is 1. The van der Waals surface area contributed by atoms with Crippen LogP contribution in [-0.4, -0.2) is 49.8 Å². The van der Waals surface area contributed by atoms with E-state index in [1.165, 1.54) is 0 Å². The highest BCUT2D eigenvalue weighted by Gasteiger charge is 2.43. The van der Waals surface area contributed by atoms with E-state index < -0.39 is 32.7 Å². The first-order chi connectivity index (χ1) is 19.0. The third kappa shape index (κ3) is 7.60. The van der Waals surface area contributed by atoms with E-state index in [4.69, 9.17) is 13.9 Å². The zero-order chi connectivity index (χ0) is 28.8. The SMILES string of the molecule is CC(C)(C)[Si](C)(C)OC[C@H](O)C[C@H]1CN(C(=O)OCc2ccccc2)[C@H](c2ccccc2)[C@H](c2ccccc2)O1. The van der Waals surface area contributed by atoms with Gasteiger partial charge in [0.05, 0.1) is 31.4 Å². The molecule has 6 nitrogen and oxygen atoms in total. The second-order valence-electron chi connectivity index (χ2n) is 12.1. The maximum Gasteiger partial charge on any atom is 0.410 e. The normalized spacial score (nSPS) is 20.6. The molecular formula is C33H43NO5Si. The molecule has 1 saturated heterocycles. The number of nitrogens with zero attached hydrogens (tertiary/aromatic N) is 1. The molecule has 0 saturated carbocycles. The van der Waals surface area contributed by atoms with Crippen LogP contribution in [0, 0.1) is 0 Å². The van der Waals surface area contributed by atoms with Gasteiger partial charge < -0.3 is 19.0 Å². The van der Waals surface area contributed by atoms with E-state index in [-0.39, 0.29) is 24.3 Å². The van der Waals surface area contributed by atoms with Crippen molar-refractivity contribution in [3.63, 3.8) is 0 Å². The third-order valence-electron chi connectivity index (χ3n) is 8.05. The van der Waals surface area contributed by atoms with Gasteiger partial charge in [-0.3, -0.25) is 4.90 Å². The van der Waals surface area contributed by atoms with Crippen LogP contribution in [0.25, 0.3) is 0 Å². The summed E-state index contributed by atoms with van der Waals surface area (Å²) in [6.07, 6.45) is -1.60. The molecule has 0 unspecified atom stereocenters. The minimum Gasteiger partial charge on any atom is -0.445 e. The van der Waals surface area contributed by atoms with Gasteiger partial charge in [0.2, 0.25) is 0 Å². The van der Waals surface area contributed by atoms with Crippen LogP contribution in [-0.2, 0) is 20.5 Å². The van der Waals surface area contributed by atoms with Crippen LogP contribution >= 0.6 is 0 Å². The summed E-state index contributed by atoms with van der Waals surface area (Å²) in [5.74, 6) is 0. The van der Waals surface area contributed by atoms with Gasteiger partial charge in [-0.2, -0.15) is 0 Å². The highest BCUT2D eigenvalue weighted by Crippen LogP contribution is 2.43. The lowest BCUT2D eigenvalue weighted by atomic mass is 9.91. The molecular weight excluding hydrogens is 518 g/mol. The number of morpholine rings is 1. The number of ether oxygens (including phenoxy) is 2. The van der Waals surface area contributed by atoms with E-state index in [9.17, 15) is 9.90 Å². The average molecular weight is 562 g/mol. The Hall–Kier alpha value is -2.97. The number of aliphatic hydroxyl groups excluding tert-OH is 1. The van der Waals surface area contributed by atoms with Gasteiger partial charge in [0.15, 0.2) is 8.32 Å². The molecule has 1 heterocycles. The van der Waals surface area contributed by atoms with E-state index in [1.54, 1.807) is 4.90 Å². The Morgan fingerprint density at radius 1 is 0.950 bits per heavy atom. The van der Waals surface area contributed by atoms with E-state index in [0.717, 1.165) is 16.7 Å². The molecule has 0 bridgehead atoms. The second-order valence-corrected chi connectivity index (χ2v) is 16.9. The Kier molecular flexibility index (Phi) is 9.84. The first kappa shape index (κ1) is 30.0. The quantitative estimate of drug-likeness (QED) is 0.278. The largest absolute Gasteiger partial charge is 0.445 e. The number of benzene rings is 3. The van der Waals surface area contributed by atoms with E-state index in [0.29, 0.717) is 13.0 Å². The van der Waals surface area contributed by atoms with Crippen molar-refractivity contribution in [3.8, 4) is 0 Å². The van der Waals surface area contributed by atoms with Gasteiger partial charge in [-0.05, 0) is 34.8 Å². The standard InChI is InChI=1S/C33H43NO5Si/c1-33(2,3)40(4,5)38-24-28(35)21-29-22-34(32(36)37-23-25-15-9-6-10-16-25)30(26-17-11-7-12-18-26)31(39-29)27-19-13-8-14-20-27/h6-20,28-31,35H,21-24H2,1-5H3/t28-,29+,30-,31+/m1/s1. The van der Waals surface area contributed by atoms with Gasteiger partial charge in [-0.1, -0.05) is 112 Å². The average Bonchev–Trinajstić information content (AvgIpc) is 2.95. The molecule has 1 aliphatic rings. The van der Waals surface area contributed by atoms with Crippen molar-refractivity contribution in [2.24, 2.45) is 0 Å². The van der Waals surface area contributed by atoms with Crippen molar-refractivity contribution in [1.29, 1.82) is 0 Å². The van der Waals surface area contributed by atoms with Crippen LogP contribution < -0.4 is 0 Å². The van der Waals surface area contributed by atoms with Gasteiger partial charge >= 0.3 is 6.09 Å². The summed E-state index contributed by atoms with van der Waals surface area (Å²) >= 11 is 0. The lowest BCUT2D eigenvalue weighted by Crippen LogP contribution is -2.50. The van der Waals surface area contributed by atoms with E-state index >= 15 is 0 Å². The Bertz CT molecular complexity index is 1200. The van der Waals surface area contributed by atoms with Gasteiger partial charge in [0.25, 0.3) is 0 Å². The molecule has 214 valence electrons. The van der Waals surface area contributed by atoms with E-state index in [2.05, 4.69) is 33.9 Å². The molecule has 3 aromatic rings. The molecule has 7 heteroatoms. The lowest BCUT2D eigenvalue weighted by Gasteiger charge is -2.45. The molecule has 4 rings (SSSR count). The van der Waals surface area contributed by atoms with Crippen molar-refractivity contribution in [3.05, 3.63) is 108 Å². The molecule has 4 atom stereocenters. The smallest absolute Gasteiger partial charge is 0.410 e. The van der Waals surface area contributed by atoms with Crippen LogP contribution in [0.3, 0.4) is 0 Å². The number of hydrogen-bond donors (Lipinski definition) is 1. The van der Waals surface area contributed by atoms with Crippen molar-refractivity contribution in [2.75, 3.05) is 13.2 Å². The number of hydrogen-bond acceptors (Lipinski definition) is 5. The van der Waals surface area contributed by atoms with Crippen LogP contribution in [0.2, 0.25) is 18.1 Å². The van der Waals surface area contributed by atoms with Gasteiger partial charge in [-0.25, -0.2) is 4.79 Å². The zero-order valence-electron chi connectivity index (χ0n) is 24.3. The number of carbonyl (C=O) groups excluding carboxylic acids is 1. The predicted molar refractivity (Wildman–Crippen MR) is 160 cm³/mol. The minimum atomic E-state index is -2.01. The van der Waals surface area contributed by atoms with Crippen molar-refractivity contribution < 1.29 is 23.8 Å². The first-order valence-electron chi connectivity index (χ1n) is 14.1. The molecule has 1 N–H and O–H groups in total. The minimum absolute atomic E-state index is 0.0503. The predicted octanol–water partition coefficient (Wildman–Crippen LogP) is 7.28. The fourth-order valence-electron chi connectivity index (χ4n) is 4.74. The molecule has 0 aromatic heterocycles. The molecule has 0 spiro atoms. The summed E-state index contributed by atoms with van der Waals surface area (Å²) in [7, 11) is -2.01. The fraction of sp³-hybridized carbons (Fsp3) is 0.424. The Morgan fingerprint density at radius 3 is 2.08 bits per heavy atom. The lowest BCUT2D eigenvalue weighted by molar-refractivity contribution is -0.130. The maximum atomic E-state index is 13.7. The van der Waals surface area contributed by atoms with Crippen LogP contribution in [0.5, 0.6) is 0 Å². The Balaban J connectivity index is 1.58. The molecule has 1 amide bonds. The summed E-state index contributed by atoms with van der Waals surface area (Å²) in [4.78, 5) is 15.5. The molecule has 40 heavy (non-hydrogen) atoms. The summed E-state index contributed by atoms with van der Waals surface area (Å²) in [5.41, 5.74) is 2.86. The van der Waals surface area contributed by atoms with Crippen LogP contribution in [0.4, 0.5) is 4.79 Å². The molecule has 3 aromatic carbocycles. The first-order valence-corrected chi connectivity index (χ1v) is 17.0. The van der Waals surface area contributed by atoms with Crippen molar-refractivity contribution in [1.82, 2.24) is 4.90 Å². The van der Waals surface area contributed by atoms with Crippen molar-refractivity contribution >= 4 is 14.4 Å². The summed E-state index contributed by atoms with van der Waals surface area (Å²) in [6, 6.07) is 29.2. The molecule has 1 aliphatic heterocycles. The molecule has 1 fully saturated rings. The van der Waals surface area contributed by atoms with Crippen LogP contribution in [0.15, 0.2) is 91.0 Å². The Morgan fingerprint density at radius 2 is 1.50 bits per heavy atom. The Labute approximate surface area is 240 Å². The van der Waals surface area contributed by atoms with Gasteiger partial charge in [-0.15, -0.1) is 0 Å². The summed E-state index contributed by atoms with van der Waals surface area (Å²) < 4.78 is 18.8. The van der Waals surface area contributed by atoms with Gasteiger partial charge in [0, 0.05) is 6.42 Å². The third-order valence-corrected chi connectivity index (χ3v) is 12.5. The van der Waals surface area contributed by atoms with Crippen LogP contribution in [0.1, 0.15) is 56.0 Å². The highest BCUT2D eigenvalue weighted by molar-refractivity contribution is 6.74.